The zero-order valence-electron chi connectivity index (χ0n) is 5.61. The van der Waals surface area contributed by atoms with E-state index in [9.17, 15) is 4.79 Å². The number of pyridine rings is 1. The fraction of sp³-hybridized carbons (Fsp3) is 0.143. The summed E-state index contributed by atoms with van der Waals surface area (Å²) in [5, 5.41) is 0. The molecule has 0 N–H and O–H groups in total. The third kappa shape index (κ3) is 1.19. The second kappa shape index (κ2) is 2.88. The zero-order chi connectivity index (χ0) is 6.97. The van der Waals surface area contributed by atoms with Gasteiger partial charge in [-0.2, -0.15) is 0 Å². The maximum atomic E-state index is 10.9. The van der Waals surface area contributed by atoms with E-state index in [4.69, 9.17) is 4.74 Å². The Kier molecular flexibility index (Phi) is 2.10. The van der Waals surface area contributed by atoms with Crippen LogP contribution in [0.2, 0.25) is 0 Å². The number of carbonyl (C=O) groups excluding carboxylic acids is 1. The molecule has 0 saturated carbocycles. The van der Waals surface area contributed by atoms with Gasteiger partial charge in [0.15, 0.2) is 12.3 Å². The minimum atomic E-state index is -0.0319. The Bertz CT molecular complexity index is 288. The van der Waals surface area contributed by atoms with Gasteiger partial charge in [0.1, 0.15) is 5.75 Å². The summed E-state index contributed by atoms with van der Waals surface area (Å²) in [5.41, 5.74) is 0.461. The number of Topliss-reactive ketones (excluding diaryl/α,β-unsaturated/α-hetero) is 1. The summed E-state index contributed by atoms with van der Waals surface area (Å²) >= 11 is 0. The van der Waals surface area contributed by atoms with Crippen molar-refractivity contribution >= 4 is 18.2 Å². The van der Waals surface area contributed by atoms with Crippen LogP contribution in [0.4, 0.5) is 0 Å². The van der Waals surface area contributed by atoms with E-state index in [1.165, 1.54) is 0 Å². The molecule has 4 heteroatoms. The number of aromatic nitrogens is 1. The molecule has 0 atom stereocenters. The molecule has 0 bridgehead atoms. The van der Waals surface area contributed by atoms with Gasteiger partial charge in [-0.05, 0) is 12.1 Å². The van der Waals surface area contributed by atoms with Gasteiger partial charge in [-0.25, -0.2) is 4.98 Å². The SMILES string of the molecule is Cl.O=C1COc2cccnc21. The summed E-state index contributed by atoms with van der Waals surface area (Å²) in [4.78, 5) is 14.7. The summed E-state index contributed by atoms with van der Waals surface area (Å²) in [7, 11) is 0. The van der Waals surface area contributed by atoms with Gasteiger partial charge in [0.25, 0.3) is 0 Å². The quantitative estimate of drug-likeness (QED) is 0.587. The third-order valence-electron chi connectivity index (χ3n) is 1.39. The summed E-state index contributed by atoms with van der Waals surface area (Å²) in [5.74, 6) is 0.572. The number of carbonyl (C=O) groups is 1. The van der Waals surface area contributed by atoms with Crippen molar-refractivity contribution in [1.29, 1.82) is 0 Å². The second-order valence-electron chi connectivity index (χ2n) is 2.06. The Morgan fingerprint density at radius 1 is 1.55 bits per heavy atom. The number of hydrogen-bond acceptors (Lipinski definition) is 3. The molecule has 3 nitrogen and oxygen atoms in total. The lowest BCUT2D eigenvalue weighted by atomic mass is 10.3. The van der Waals surface area contributed by atoms with E-state index >= 15 is 0 Å². The van der Waals surface area contributed by atoms with Crippen molar-refractivity contribution in [3.05, 3.63) is 24.0 Å². The molecule has 0 saturated heterocycles. The number of rotatable bonds is 0. The van der Waals surface area contributed by atoms with Crippen molar-refractivity contribution in [3.63, 3.8) is 0 Å². The lowest BCUT2D eigenvalue weighted by Gasteiger charge is -1.91. The van der Waals surface area contributed by atoms with Gasteiger partial charge in [0.2, 0.25) is 5.78 Å². The van der Waals surface area contributed by atoms with Crippen molar-refractivity contribution in [2.24, 2.45) is 0 Å². The van der Waals surface area contributed by atoms with Gasteiger partial charge in [0.05, 0.1) is 0 Å². The Morgan fingerprint density at radius 2 is 2.36 bits per heavy atom. The average molecular weight is 172 g/mol. The van der Waals surface area contributed by atoms with Crippen LogP contribution in [0, 0.1) is 0 Å². The van der Waals surface area contributed by atoms with Crippen LogP contribution in [0.3, 0.4) is 0 Å². The van der Waals surface area contributed by atoms with Crippen molar-refractivity contribution < 1.29 is 9.53 Å². The predicted molar refractivity (Wildman–Crippen MR) is 41.3 cm³/mol. The van der Waals surface area contributed by atoms with Crippen molar-refractivity contribution in [3.8, 4) is 5.75 Å². The highest BCUT2D eigenvalue weighted by Crippen LogP contribution is 2.20. The first-order chi connectivity index (χ1) is 4.88. The first kappa shape index (κ1) is 8.01. The highest BCUT2D eigenvalue weighted by Gasteiger charge is 2.21. The van der Waals surface area contributed by atoms with Gasteiger partial charge in [0, 0.05) is 6.20 Å². The van der Waals surface area contributed by atoms with Gasteiger partial charge in [-0.15, -0.1) is 12.4 Å². The van der Waals surface area contributed by atoms with Crippen molar-refractivity contribution in [1.82, 2.24) is 4.98 Å². The van der Waals surface area contributed by atoms with Crippen LogP contribution in [0.25, 0.3) is 0 Å². The monoisotopic (exact) mass is 171 g/mol. The molecule has 0 amide bonds. The number of halogens is 1. The molecule has 0 spiro atoms. The highest BCUT2D eigenvalue weighted by molar-refractivity contribution is 6.00. The number of ether oxygens (including phenoxy) is 1. The molecule has 2 rings (SSSR count). The molecule has 1 aromatic heterocycles. The van der Waals surface area contributed by atoms with Gasteiger partial charge in [-0.1, -0.05) is 0 Å². The second-order valence-corrected chi connectivity index (χ2v) is 2.06. The lowest BCUT2D eigenvalue weighted by Crippen LogP contribution is -2.00. The molecule has 0 aliphatic carbocycles. The van der Waals surface area contributed by atoms with Crippen LogP contribution in [0.1, 0.15) is 10.5 Å². The zero-order valence-corrected chi connectivity index (χ0v) is 6.43. The van der Waals surface area contributed by atoms with Gasteiger partial charge < -0.3 is 4.74 Å². The van der Waals surface area contributed by atoms with Gasteiger partial charge in [-0.3, -0.25) is 4.79 Å². The first-order valence-electron chi connectivity index (χ1n) is 2.99. The van der Waals surface area contributed by atoms with Crippen molar-refractivity contribution in [2.45, 2.75) is 0 Å². The maximum absolute atomic E-state index is 10.9. The highest BCUT2D eigenvalue weighted by atomic mass is 35.5. The molecule has 2 heterocycles. The van der Waals surface area contributed by atoms with Crippen LogP contribution >= 0.6 is 12.4 Å². The fourth-order valence-corrected chi connectivity index (χ4v) is 0.928. The van der Waals surface area contributed by atoms with Crippen LogP contribution in [0.15, 0.2) is 18.3 Å². The molecule has 0 fully saturated rings. The number of nitrogens with zero attached hydrogens (tertiary/aromatic N) is 1. The van der Waals surface area contributed by atoms with E-state index in [0.29, 0.717) is 11.4 Å². The molecule has 0 radical (unpaired) electrons. The lowest BCUT2D eigenvalue weighted by molar-refractivity contribution is 0.0958. The van der Waals surface area contributed by atoms with E-state index in [2.05, 4.69) is 4.98 Å². The molecular weight excluding hydrogens is 166 g/mol. The topological polar surface area (TPSA) is 39.2 Å². The molecule has 11 heavy (non-hydrogen) atoms. The van der Waals surface area contributed by atoms with Crippen LogP contribution < -0.4 is 4.74 Å². The fourth-order valence-electron chi connectivity index (χ4n) is 0.928. The van der Waals surface area contributed by atoms with E-state index in [-0.39, 0.29) is 24.8 Å². The Balaban J connectivity index is 0.000000605. The first-order valence-corrected chi connectivity index (χ1v) is 2.99. The minimum Gasteiger partial charge on any atom is -0.483 e. The van der Waals surface area contributed by atoms with Crippen LogP contribution in [-0.4, -0.2) is 17.4 Å². The largest absolute Gasteiger partial charge is 0.483 e. The van der Waals surface area contributed by atoms with Crippen LogP contribution in [-0.2, 0) is 0 Å². The Morgan fingerprint density at radius 3 is 3.09 bits per heavy atom. The third-order valence-corrected chi connectivity index (χ3v) is 1.39. The standard InChI is InChI=1S/C7H5NO2.ClH/c9-5-4-10-6-2-1-3-8-7(5)6;/h1-3H,4H2;1H. The summed E-state index contributed by atoms with van der Waals surface area (Å²) in [6.45, 7) is 0.145. The van der Waals surface area contributed by atoms with Gasteiger partial charge >= 0.3 is 0 Å². The molecule has 0 unspecified atom stereocenters. The molecule has 58 valence electrons. The number of ketones is 1. The number of hydrogen-bond donors (Lipinski definition) is 0. The van der Waals surface area contributed by atoms with Crippen molar-refractivity contribution in [2.75, 3.05) is 6.61 Å². The summed E-state index contributed by atoms with van der Waals surface area (Å²) in [6.07, 6.45) is 1.59. The normalized spacial score (nSPS) is 13.3. The summed E-state index contributed by atoms with van der Waals surface area (Å²) < 4.78 is 5.00. The smallest absolute Gasteiger partial charge is 0.222 e. The molecule has 1 aliphatic heterocycles. The van der Waals surface area contributed by atoms with E-state index in [0.717, 1.165) is 0 Å². The van der Waals surface area contributed by atoms with E-state index in [1.807, 2.05) is 0 Å². The Hall–Kier alpha value is -1.09. The Labute approximate surface area is 69.8 Å². The molecule has 1 aromatic rings. The predicted octanol–water partition coefficient (Wildman–Crippen LogP) is 1.08. The average Bonchev–Trinajstić information content (AvgIpc) is 2.34. The molecule has 1 aliphatic rings. The molecule has 0 aromatic carbocycles. The minimum absolute atomic E-state index is 0. The van der Waals surface area contributed by atoms with E-state index < -0.39 is 0 Å². The summed E-state index contributed by atoms with van der Waals surface area (Å²) in [6, 6.07) is 3.49. The maximum Gasteiger partial charge on any atom is 0.222 e. The number of fused-ring (bicyclic) bond motifs is 1. The molecular formula is C7H6ClNO2. The van der Waals surface area contributed by atoms with E-state index in [1.54, 1.807) is 18.3 Å². The van der Waals surface area contributed by atoms with Crippen LogP contribution in [0.5, 0.6) is 5.75 Å².